The monoisotopic (exact) mass is 368 g/mol. The van der Waals surface area contributed by atoms with Crippen LogP contribution in [0, 0.1) is 23.2 Å². The second-order valence-corrected chi connectivity index (χ2v) is 9.18. The van der Waals surface area contributed by atoms with Crippen molar-refractivity contribution in [3.8, 4) is 5.75 Å². The third-order valence-corrected chi connectivity index (χ3v) is 7.22. The fourth-order valence-corrected chi connectivity index (χ4v) is 6.47. The number of amides is 2. The molecule has 1 aromatic rings. The normalized spacial score (nSPS) is 35.9. The predicted octanol–water partition coefficient (Wildman–Crippen LogP) is 2.96. The summed E-state index contributed by atoms with van der Waals surface area (Å²) < 4.78 is 5.65. The Morgan fingerprint density at radius 2 is 1.70 bits per heavy atom. The van der Waals surface area contributed by atoms with Crippen LogP contribution in [0.1, 0.15) is 56.6 Å². The van der Waals surface area contributed by atoms with Crippen LogP contribution in [0.4, 0.5) is 0 Å². The van der Waals surface area contributed by atoms with Crippen molar-refractivity contribution in [2.75, 3.05) is 13.2 Å². The molecule has 27 heavy (non-hydrogen) atoms. The molecule has 4 saturated carbocycles. The number of carbonyl (C=O) groups excluding carboxylic acids is 2. The third-order valence-electron chi connectivity index (χ3n) is 7.22. The predicted molar refractivity (Wildman–Crippen MR) is 101 cm³/mol. The fourth-order valence-electron chi connectivity index (χ4n) is 6.47. The van der Waals surface area contributed by atoms with Gasteiger partial charge in [0.25, 0.3) is 0 Å². The molecule has 0 aromatic heterocycles. The van der Waals surface area contributed by atoms with Crippen molar-refractivity contribution in [1.29, 1.82) is 0 Å². The maximum absolute atomic E-state index is 13.0. The number of rotatable bonds is 4. The van der Waals surface area contributed by atoms with Gasteiger partial charge in [-0.25, -0.2) is 0 Å². The lowest BCUT2D eigenvalue weighted by Gasteiger charge is -2.55. The summed E-state index contributed by atoms with van der Waals surface area (Å²) in [6, 6.07) is 7.78. The molecule has 0 saturated heterocycles. The van der Waals surface area contributed by atoms with Crippen LogP contribution in [-0.2, 0) is 9.59 Å². The highest BCUT2D eigenvalue weighted by molar-refractivity contribution is 5.88. The van der Waals surface area contributed by atoms with Crippen molar-refractivity contribution in [1.82, 2.24) is 10.6 Å². The van der Waals surface area contributed by atoms with Gasteiger partial charge in [0.05, 0.1) is 19.2 Å². The zero-order valence-corrected chi connectivity index (χ0v) is 15.7. The molecule has 1 heterocycles. The van der Waals surface area contributed by atoms with Crippen LogP contribution >= 0.6 is 0 Å². The summed E-state index contributed by atoms with van der Waals surface area (Å²) in [6.07, 6.45) is 7.79. The smallest absolute Gasteiger partial charge is 0.239 e. The largest absolute Gasteiger partial charge is 0.493 e. The van der Waals surface area contributed by atoms with Crippen LogP contribution in [0.15, 0.2) is 24.3 Å². The lowest BCUT2D eigenvalue weighted by atomic mass is 9.49. The topological polar surface area (TPSA) is 67.4 Å². The second-order valence-electron chi connectivity index (χ2n) is 9.18. The lowest BCUT2D eigenvalue weighted by molar-refractivity contribution is -0.147. The maximum Gasteiger partial charge on any atom is 0.239 e. The van der Waals surface area contributed by atoms with Gasteiger partial charge in [-0.1, -0.05) is 18.2 Å². The number of hydrogen-bond donors (Lipinski definition) is 2. The van der Waals surface area contributed by atoms with E-state index in [-0.39, 0.29) is 29.8 Å². The molecule has 1 aliphatic heterocycles. The van der Waals surface area contributed by atoms with E-state index in [1.54, 1.807) is 0 Å². The van der Waals surface area contributed by atoms with E-state index in [1.165, 1.54) is 19.3 Å². The van der Waals surface area contributed by atoms with Crippen molar-refractivity contribution >= 4 is 11.8 Å². The first kappa shape index (κ1) is 17.1. The van der Waals surface area contributed by atoms with Crippen molar-refractivity contribution in [2.45, 2.75) is 51.0 Å². The van der Waals surface area contributed by atoms with Gasteiger partial charge in [0, 0.05) is 17.4 Å². The van der Waals surface area contributed by atoms with Gasteiger partial charge in [-0.15, -0.1) is 0 Å². The summed E-state index contributed by atoms with van der Waals surface area (Å²) >= 11 is 0. The molecule has 2 N–H and O–H groups in total. The van der Waals surface area contributed by atoms with E-state index in [1.807, 2.05) is 24.3 Å². The van der Waals surface area contributed by atoms with Crippen LogP contribution in [-0.4, -0.2) is 25.0 Å². The van der Waals surface area contributed by atoms with Crippen molar-refractivity contribution < 1.29 is 14.3 Å². The summed E-state index contributed by atoms with van der Waals surface area (Å²) in [7, 11) is 0. The van der Waals surface area contributed by atoms with Gasteiger partial charge in [-0.3, -0.25) is 9.59 Å². The van der Waals surface area contributed by atoms with Crippen LogP contribution in [0.5, 0.6) is 5.75 Å². The summed E-state index contributed by atoms with van der Waals surface area (Å²) in [5, 5.41) is 6.04. The zero-order valence-electron chi connectivity index (χ0n) is 15.7. The minimum atomic E-state index is -0.194. The molecular weight excluding hydrogens is 340 g/mol. The molecule has 4 fully saturated rings. The van der Waals surface area contributed by atoms with E-state index >= 15 is 0 Å². The average Bonchev–Trinajstić information content (AvgIpc) is 2.65. The second kappa shape index (κ2) is 6.54. The summed E-state index contributed by atoms with van der Waals surface area (Å²) in [5.41, 5.74) is 0.824. The molecule has 5 aliphatic rings. The molecule has 4 aliphatic carbocycles. The molecule has 0 spiro atoms. The fraction of sp³-hybridized carbons (Fsp3) is 0.636. The number of benzene rings is 1. The SMILES string of the molecule is O=C(CNC(=O)C12CC3CC(CC(C3)C1)C2)N[C@@H]1CCOc2ccccc21. The first-order valence-electron chi connectivity index (χ1n) is 10.4. The van der Waals surface area contributed by atoms with Gasteiger partial charge in [-0.2, -0.15) is 0 Å². The number of fused-ring (bicyclic) bond motifs is 1. The number of nitrogens with one attached hydrogen (secondary N) is 2. The molecule has 1 aromatic carbocycles. The van der Waals surface area contributed by atoms with Gasteiger partial charge in [0.15, 0.2) is 0 Å². The van der Waals surface area contributed by atoms with Gasteiger partial charge >= 0.3 is 0 Å². The van der Waals surface area contributed by atoms with Crippen LogP contribution < -0.4 is 15.4 Å². The van der Waals surface area contributed by atoms with Crippen LogP contribution in [0.25, 0.3) is 0 Å². The van der Waals surface area contributed by atoms with Gasteiger partial charge in [-0.05, 0) is 62.3 Å². The minimum absolute atomic E-state index is 0.0427. The molecule has 144 valence electrons. The first-order valence-corrected chi connectivity index (χ1v) is 10.4. The van der Waals surface area contributed by atoms with E-state index in [4.69, 9.17) is 4.74 Å². The number of para-hydroxylation sites is 1. The standard InChI is InChI=1S/C22H28N2O3/c25-20(24-18-5-6-27-19-4-2-1-3-17(18)19)13-23-21(26)22-10-14-7-15(11-22)9-16(8-14)12-22/h1-4,14-16,18H,5-13H2,(H,23,26)(H,24,25)/t14?,15?,16?,18-,22?/m1/s1. The van der Waals surface area contributed by atoms with E-state index in [0.717, 1.165) is 54.7 Å². The van der Waals surface area contributed by atoms with E-state index in [9.17, 15) is 9.59 Å². The Morgan fingerprint density at radius 3 is 2.41 bits per heavy atom. The molecule has 2 amide bonds. The van der Waals surface area contributed by atoms with Crippen molar-refractivity contribution in [3.05, 3.63) is 29.8 Å². The Balaban J connectivity index is 1.19. The number of ether oxygens (including phenoxy) is 1. The molecule has 0 radical (unpaired) electrons. The minimum Gasteiger partial charge on any atom is -0.493 e. The Hall–Kier alpha value is -2.04. The van der Waals surface area contributed by atoms with E-state index in [2.05, 4.69) is 10.6 Å². The highest BCUT2D eigenvalue weighted by Crippen LogP contribution is 2.60. The van der Waals surface area contributed by atoms with Crippen molar-refractivity contribution in [2.24, 2.45) is 23.2 Å². The maximum atomic E-state index is 13.0. The Bertz CT molecular complexity index is 724. The Labute approximate surface area is 160 Å². The number of hydrogen-bond acceptors (Lipinski definition) is 3. The molecule has 5 nitrogen and oxygen atoms in total. The van der Waals surface area contributed by atoms with Gasteiger partial charge in [0.2, 0.25) is 11.8 Å². The van der Waals surface area contributed by atoms with Crippen molar-refractivity contribution in [3.63, 3.8) is 0 Å². The molecule has 1 atom stereocenters. The van der Waals surface area contributed by atoms with Crippen LogP contribution in [0.2, 0.25) is 0 Å². The molecular formula is C22H28N2O3. The third kappa shape index (κ3) is 3.11. The summed E-state index contributed by atoms with van der Waals surface area (Å²) in [5.74, 6) is 3.03. The quantitative estimate of drug-likeness (QED) is 0.859. The summed E-state index contributed by atoms with van der Waals surface area (Å²) in [4.78, 5) is 25.5. The van der Waals surface area contributed by atoms with Gasteiger partial charge < -0.3 is 15.4 Å². The molecule has 4 bridgehead atoms. The highest BCUT2D eigenvalue weighted by Gasteiger charge is 2.54. The Morgan fingerprint density at radius 1 is 1.04 bits per heavy atom. The lowest BCUT2D eigenvalue weighted by Crippen LogP contribution is -2.54. The Kier molecular flexibility index (Phi) is 4.14. The van der Waals surface area contributed by atoms with Crippen LogP contribution in [0.3, 0.4) is 0 Å². The molecule has 6 rings (SSSR count). The molecule has 0 unspecified atom stereocenters. The van der Waals surface area contributed by atoms with E-state index in [0.29, 0.717) is 6.61 Å². The van der Waals surface area contributed by atoms with Gasteiger partial charge in [0.1, 0.15) is 5.75 Å². The summed E-state index contributed by atoms with van der Waals surface area (Å²) in [6.45, 7) is 0.668. The number of carbonyl (C=O) groups is 2. The first-order chi connectivity index (χ1) is 13.1. The zero-order chi connectivity index (χ0) is 18.4. The average molecular weight is 368 g/mol. The highest BCUT2D eigenvalue weighted by atomic mass is 16.5. The van der Waals surface area contributed by atoms with E-state index < -0.39 is 0 Å². The molecule has 5 heteroatoms.